The number of hydrogen-bond acceptors (Lipinski definition) is 3. The smallest absolute Gasteiger partial charge is 0.416 e. The Morgan fingerprint density at radius 1 is 1.05 bits per heavy atom. The lowest BCUT2D eigenvalue weighted by Crippen LogP contribution is -2.07. The Kier molecular flexibility index (Phi) is 3.49. The molecule has 2 aromatic carbocycles. The summed E-state index contributed by atoms with van der Waals surface area (Å²) in [6.07, 6.45) is -4.33. The normalized spacial score (nSPS) is 13.1. The van der Waals surface area contributed by atoms with Gasteiger partial charge in [0.25, 0.3) is 0 Å². The molecule has 1 aliphatic heterocycles. The van der Waals surface area contributed by atoms with E-state index in [1.807, 2.05) is 25.1 Å². The first-order chi connectivity index (χ1) is 9.97. The Morgan fingerprint density at radius 2 is 1.71 bits per heavy atom. The lowest BCUT2D eigenvalue weighted by molar-refractivity contribution is -0.137. The first-order valence-corrected chi connectivity index (χ1v) is 7.22. The van der Waals surface area contributed by atoms with Crippen molar-refractivity contribution >= 4 is 23.1 Å². The SMILES string of the molecule is CCOc1ccc2c(c1)Sc1cc(C(F)(F)F)ccc1N2. The first-order valence-electron chi connectivity index (χ1n) is 6.40. The van der Waals surface area contributed by atoms with Gasteiger partial charge in [-0.25, -0.2) is 0 Å². The zero-order valence-electron chi connectivity index (χ0n) is 11.1. The van der Waals surface area contributed by atoms with E-state index in [9.17, 15) is 13.2 Å². The van der Waals surface area contributed by atoms with Gasteiger partial charge in [0, 0.05) is 9.79 Å². The van der Waals surface area contributed by atoms with Crippen LogP contribution in [0.15, 0.2) is 46.2 Å². The quantitative estimate of drug-likeness (QED) is 0.693. The molecule has 0 saturated carbocycles. The van der Waals surface area contributed by atoms with E-state index in [4.69, 9.17) is 4.74 Å². The van der Waals surface area contributed by atoms with Gasteiger partial charge in [0.2, 0.25) is 0 Å². The van der Waals surface area contributed by atoms with Crippen molar-refractivity contribution in [1.82, 2.24) is 0 Å². The molecule has 2 aromatic rings. The number of fused-ring (bicyclic) bond motifs is 2. The molecule has 0 fully saturated rings. The molecule has 1 aliphatic rings. The van der Waals surface area contributed by atoms with Gasteiger partial charge in [-0.1, -0.05) is 11.8 Å². The Morgan fingerprint density at radius 3 is 2.38 bits per heavy atom. The lowest BCUT2D eigenvalue weighted by Gasteiger charge is -2.22. The third-order valence-electron chi connectivity index (χ3n) is 3.06. The van der Waals surface area contributed by atoms with Crippen LogP contribution in [0, 0.1) is 0 Å². The van der Waals surface area contributed by atoms with Gasteiger partial charge >= 0.3 is 6.18 Å². The standard InChI is InChI=1S/C15H12F3NOS/c1-2-20-10-4-6-12-14(8-10)21-13-7-9(15(16,17)18)3-5-11(13)19-12/h3-8,19H,2H2,1H3. The molecule has 0 spiro atoms. The minimum Gasteiger partial charge on any atom is -0.494 e. The molecule has 0 unspecified atom stereocenters. The van der Waals surface area contributed by atoms with Crippen molar-refractivity contribution in [2.75, 3.05) is 11.9 Å². The summed E-state index contributed by atoms with van der Waals surface area (Å²) in [4.78, 5) is 1.42. The largest absolute Gasteiger partial charge is 0.494 e. The zero-order chi connectivity index (χ0) is 15.0. The summed E-state index contributed by atoms with van der Waals surface area (Å²) in [5.74, 6) is 0.709. The van der Waals surface area contributed by atoms with E-state index < -0.39 is 11.7 Å². The zero-order valence-corrected chi connectivity index (χ0v) is 11.9. The number of halogens is 3. The Balaban J connectivity index is 1.96. The summed E-state index contributed by atoms with van der Waals surface area (Å²) in [7, 11) is 0. The van der Waals surface area contributed by atoms with Crippen molar-refractivity contribution in [1.29, 1.82) is 0 Å². The predicted octanol–water partition coefficient (Wildman–Crippen LogP) is 5.31. The first kappa shape index (κ1) is 14.1. The summed E-state index contributed by atoms with van der Waals surface area (Å²) >= 11 is 1.31. The molecule has 0 amide bonds. The highest BCUT2D eigenvalue weighted by molar-refractivity contribution is 7.99. The topological polar surface area (TPSA) is 21.3 Å². The van der Waals surface area contributed by atoms with Gasteiger partial charge in [0.05, 0.1) is 23.5 Å². The number of ether oxygens (including phenoxy) is 1. The van der Waals surface area contributed by atoms with E-state index in [0.29, 0.717) is 22.9 Å². The molecule has 0 aliphatic carbocycles. The third-order valence-corrected chi connectivity index (χ3v) is 4.18. The predicted molar refractivity (Wildman–Crippen MR) is 76.5 cm³/mol. The van der Waals surface area contributed by atoms with Crippen LogP contribution in [0.25, 0.3) is 0 Å². The van der Waals surface area contributed by atoms with Gasteiger partial charge in [-0.15, -0.1) is 0 Å². The Labute approximate surface area is 124 Å². The van der Waals surface area contributed by atoms with Gasteiger partial charge in [-0.05, 0) is 43.3 Å². The maximum absolute atomic E-state index is 12.8. The van der Waals surface area contributed by atoms with Crippen LogP contribution in [-0.4, -0.2) is 6.61 Å². The van der Waals surface area contributed by atoms with Gasteiger partial charge in [-0.3, -0.25) is 0 Å². The number of nitrogens with one attached hydrogen (secondary N) is 1. The number of anilines is 2. The monoisotopic (exact) mass is 311 g/mol. The van der Waals surface area contributed by atoms with Crippen LogP contribution >= 0.6 is 11.8 Å². The van der Waals surface area contributed by atoms with Gasteiger partial charge in [-0.2, -0.15) is 13.2 Å². The fourth-order valence-corrected chi connectivity index (χ4v) is 3.15. The second-order valence-electron chi connectivity index (χ2n) is 4.53. The van der Waals surface area contributed by atoms with Crippen molar-refractivity contribution in [3.8, 4) is 5.75 Å². The van der Waals surface area contributed by atoms with Crippen LogP contribution in [0.2, 0.25) is 0 Å². The van der Waals surface area contributed by atoms with Crippen LogP contribution in [0.1, 0.15) is 12.5 Å². The molecule has 110 valence electrons. The molecule has 0 atom stereocenters. The molecule has 6 heteroatoms. The van der Waals surface area contributed by atoms with E-state index in [1.165, 1.54) is 23.9 Å². The number of hydrogen-bond donors (Lipinski definition) is 1. The van der Waals surface area contributed by atoms with Crippen LogP contribution in [0.3, 0.4) is 0 Å². The van der Waals surface area contributed by atoms with Crippen LogP contribution < -0.4 is 10.1 Å². The summed E-state index contributed by atoms with van der Waals surface area (Å²) in [6.45, 7) is 2.43. The second-order valence-corrected chi connectivity index (χ2v) is 5.61. The van der Waals surface area contributed by atoms with Gasteiger partial charge in [0.1, 0.15) is 5.75 Å². The highest BCUT2D eigenvalue weighted by atomic mass is 32.2. The van der Waals surface area contributed by atoms with Crippen molar-refractivity contribution in [3.05, 3.63) is 42.0 Å². The molecule has 0 radical (unpaired) electrons. The molecule has 0 bridgehead atoms. The number of benzene rings is 2. The summed E-state index contributed by atoms with van der Waals surface area (Å²) in [6, 6.07) is 9.26. The van der Waals surface area contributed by atoms with Crippen LogP contribution in [-0.2, 0) is 6.18 Å². The summed E-state index contributed by atoms with van der Waals surface area (Å²) in [5.41, 5.74) is 0.917. The minimum atomic E-state index is -4.33. The third kappa shape index (κ3) is 2.81. The summed E-state index contributed by atoms with van der Waals surface area (Å²) < 4.78 is 43.7. The molecule has 3 rings (SSSR count). The second kappa shape index (κ2) is 5.18. The highest BCUT2D eigenvalue weighted by Crippen LogP contribution is 2.47. The van der Waals surface area contributed by atoms with Crippen LogP contribution in [0.4, 0.5) is 24.5 Å². The number of rotatable bonds is 2. The Bertz CT molecular complexity index is 685. The van der Waals surface area contributed by atoms with Gasteiger partial charge < -0.3 is 10.1 Å². The lowest BCUT2D eigenvalue weighted by atomic mass is 10.2. The van der Waals surface area contributed by atoms with Crippen molar-refractivity contribution < 1.29 is 17.9 Å². The maximum atomic E-state index is 12.8. The molecule has 1 heterocycles. The van der Waals surface area contributed by atoms with Gasteiger partial charge in [0.15, 0.2) is 0 Å². The fraction of sp³-hybridized carbons (Fsp3) is 0.200. The Hall–Kier alpha value is -1.82. The van der Waals surface area contributed by atoms with Crippen molar-refractivity contribution in [2.24, 2.45) is 0 Å². The fourth-order valence-electron chi connectivity index (χ4n) is 2.10. The molecule has 0 aromatic heterocycles. The molecular weight excluding hydrogens is 299 g/mol. The number of alkyl halides is 3. The summed E-state index contributed by atoms with van der Waals surface area (Å²) in [5, 5.41) is 3.14. The minimum absolute atomic E-state index is 0.547. The molecular formula is C15H12F3NOS. The van der Waals surface area contributed by atoms with E-state index in [0.717, 1.165) is 16.6 Å². The maximum Gasteiger partial charge on any atom is 0.416 e. The van der Waals surface area contributed by atoms with E-state index in [1.54, 1.807) is 0 Å². The molecule has 0 saturated heterocycles. The average Bonchev–Trinajstić information content (AvgIpc) is 2.44. The van der Waals surface area contributed by atoms with E-state index in [-0.39, 0.29) is 0 Å². The van der Waals surface area contributed by atoms with E-state index >= 15 is 0 Å². The van der Waals surface area contributed by atoms with Crippen LogP contribution in [0.5, 0.6) is 5.75 Å². The molecule has 2 nitrogen and oxygen atoms in total. The average molecular weight is 311 g/mol. The van der Waals surface area contributed by atoms with Crippen molar-refractivity contribution in [2.45, 2.75) is 22.9 Å². The van der Waals surface area contributed by atoms with Crippen molar-refractivity contribution in [3.63, 3.8) is 0 Å². The highest BCUT2D eigenvalue weighted by Gasteiger charge is 2.31. The molecule has 21 heavy (non-hydrogen) atoms. The molecule has 1 N–H and O–H groups in total. The van der Waals surface area contributed by atoms with E-state index in [2.05, 4.69) is 5.32 Å².